The standard InChI is InChI=1S/C10H10ClF3N2/c1-16(2)4-3-9-8(11)5-7(6-15-9)10(12,13)14/h3-6H,1-2H3/b4-3+. The number of rotatable bonds is 2. The van der Waals surface area contributed by atoms with Crippen molar-refractivity contribution < 1.29 is 13.2 Å². The smallest absolute Gasteiger partial charge is 0.383 e. The Morgan fingerprint density at radius 1 is 1.38 bits per heavy atom. The lowest BCUT2D eigenvalue weighted by molar-refractivity contribution is -0.137. The Hall–Kier alpha value is -1.23. The van der Waals surface area contributed by atoms with E-state index in [0.29, 0.717) is 5.69 Å². The molecule has 0 aliphatic heterocycles. The van der Waals surface area contributed by atoms with Gasteiger partial charge in [-0.3, -0.25) is 4.98 Å². The molecular weight excluding hydrogens is 241 g/mol. The highest BCUT2D eigenvalue weighted by molar-refractivity contribution is 6.31. The van der Waals surface area contributed by atoms with Gasteiger partial charge in [0.15, 0.2) is 0 Å². The first-order valence-electron chi connectivity index (χ1n) is 4.38. The summed E-state index contributed by atoms with van der Waals surface area (Å²) < 4.78 is 36.9. The van der Waals surface area contributed by atoms with Gasteiger partial charge < -0.3 is 4.90 Å². The van der Waals surface area contributed by atoms with Crippen LogP contribution in [0.4, 0.5) is 13.2 Å². The minimum absolute atomic E-state index is 0.0204. The summed E-state index contributed by atoms with van der Waals surface area (Å²) in [6, 6.07) is 0.865. The van der Waals surface area contributed by atoms with Crippen molar-refractivity contribution in [2.45, 2.75) is 6.18 Å². The van der Waals surface area contributed by atoms with E-state index in [0.717, 1.165) is 12.3 Å². The van der Waals surface area contributed by atoms with E-state index < -0.39 is 11.7 Å². The van der Waals surface area contributed by atoms with Crippen LogP contribution < -0.4 is 0 Å². The fraction of sp³-hybridized carbons (Fsp3) is 0.300. The zero-order valence-electron chi connectivity index (χ0n) is 8.72. The largest absolute Gasteiger partial charge is 0.417 e. The highest BCUT2D eigenvalue weighted by Crippen LogP contribution is 2.31. The maximum atomic E-state index is 12.3. The van der Waals surface area contributed by atoms with Crippen LogP contribution in [-0.2, 0) is 6.18 Å². The van der Waals surface area contributed by atoms with Crippen molar-refractivity contribution in [3.63, 3.8) is 0 Å². The van der Waals surface area contributed by atoms with Gasteiger partial charge in [0.25, 0.3) is 0 Å². The van der Waals surface area contributed by atoms with Gasteiger partial charge in [0.2, 0.25) is 0 Å². The molecule has 0 aliphatic carbocycles. The van der Waals surface area contributed by atoms with Gasteiger partial charge in [-0.15, -0.1) is 0 Å². The quantitative estimate of drug-likeness (QED) is 0.801. The van der Waals surface area contributed by atoms with Crippen molar-refractivity contribution in [3.8, 4) is 0 Å². The number of aromatic nitrogens is 1. The molecule has 1 aromatic heterocycles. The molecular formula is C10H10ClF3N2. The summed E-state index contributed by atoms with van der Waals surface area (Å²) in [4.78, 5) is 5.38. The number of hydrogen-bond donors (Lipinski definition) is 0. The molecule has 1 aromatic rings. The molecule has 1 rings (SSSR count). The first-order chi connectivity index (χ1) is 7.30. The van der Waals surface area contributed by atoms with Crippen molar-refractivity contribution in [3.05, 3.63) is 34.7 Å². The topological polar surface area (TPSA) is 16.1 Å². The molecule has 0 amide bonds. The van der Waals surface area contributed by atoms with E-state index in [4.69, 9.17) is 11.6 Å². The number of nitrogens with zero attached hydrogens (tertiary/aromatic N) is 2. The summed E-state index contributed by atoms with van der Waals surface area (Å²) in [5.41, 5.74) is -0.539. The van der Waals surface area contributed by atoms with Gasteiger partial charge >= 0.3 is 6.18 Å². The number of hydrogen-bond acceptors (Lipinski definition) is 2. The minimum atomic E-state index is -4.42. The van der Waals surface area contributed by atoms with E-state index >= 15 is 0 Å². The lowest BCUT2D eigenvalue weighted by atomic mass is 10.2. The summed E-state index contributed by atoms with van der Waals surface area (Å²) in [6.45, 7) is 0. The molecule has 16 heavy (non-hydrogen) atoms. The van der Waals surface area contributed by atoms with Crippen LogP contribution in [0.25, 0.3) is 6.08 Å². The minimum Gasteiger partial charge on any atom is -0.383 e. The molecule has 2 nitrogen and oxygen atoms in total. The molecule has 0 N–H and O–H groups in total. The van der Waals surface area contributed by atoms with Crippen LogP contribution in [0.3, 0.4) is 0 Å². The Labute approximate surface area is 96.3 Å². The van der Waals surface area contributed by atoms with Gasteiger partial charge in [0.1, 0.15) is 0 Å². The van der Waals surface area contributed by atoms with Gasteiger partial charge in [-0.25, -0.2) is 0 Å². The highest BCUT2D eigenvalue weighted by Gasteiger charge is 2.31. The molecule has 0 unspecified atom stereocenters. The highest BCUT2D eigenvalue weighted by atomic mass is 35.5. The Kier molecular flexibility index (Phi) is 3.80. The monoisotopic (exact) mass is 250 g/mol. The zero-order chi connectivity index (χ0) is 12.3. The molecule has 0 radical (unpaired) electrons. The molecule has 0 saturated heterocycles. The third-order valence-corrected chi connectivity index (χ3v) is 2.03. The second kappa shape index (κ2) is 4.74. The van der Waals surface area contributed by atoms with E-state index in [1.165, 1.54) is 0 Å². The van der Waals surface area contributed by atoms with Crippen molar-refractivity contribution >= 4 is 17.7 Å². The SMILES string of the molecule is CN(C)/C=C/c1ncc(C(F)(F)F)cc1Cl. The van der Waals surface area contributed by atoms with E-state index in [-0.39, 0.29) is 5.02 Å². The van der Waals surface area contributed by atoms with Gasteiger partial charge in [-0.05, 0) is 12.1 Å². The van der Waals surface area contributed by atoms with E-state index in [1.54, 1.807) is 31.3 Å². The lowest BCUT2D eigenvalue weighted by Crippen LogP contribution is -2.06. The van der Waals surface area contributed by atoms with Crippen LogP contribution in [0, 0.1) is 0 Å². The number of alkyl halides is 3. The maximum absolute atomic E-state index is 12.3. The average Bonchev–Trinajstić information content (AvgIpc) is 2.14. The maximum Gasteiger partial charge on any atom is 0.417 e. The second-order valence-corrected chi connectivity index (χ2v) is 3.78. The Bertz CT molecular complexity index is 400. The molecule has 1 heterocycles. The van der Waals surface area contributed by atoms with Crippen molar-refractivity contribution in [2.75, 3.05) is 14.1 Å². The molecule has 0 aromatic carbocycles. The summed E-state index contributed by atoms with van der Waals surface area (Å²) in [6.07, 6.45) is -0.453. The van der Waals surface area contributed by atoms with Crippen molar-refractivity contribution in [1.82, 2.24) is 9.88 Å². The number of pyridine rings is 1. The van der Waals surface area contributed by atoms with Gasteiger partial charge in [0, 0.05) is 26.5 Å². The van der Waals surface area contributed by atoms with Gasteiger partial charge in [-0.2, -0.15) is 13.2 Å². The number of halogens is 4. The van der Waals surface area contributed by atoms with Crippen LogP contribution in [0.2, 0.25) is 5.02 Å². The third kappa shape index (κ3) is 3.41. The average molecular weight is 251 g/mol. The fourth-order valence-electron chi connectivity index (χ4n) is 0.946. The normalized spacial score (nSPS) is 12.1. The van der Waals surface area contributed by atoms with Crippen molar-refractivity contribution in [2.24, 2.45) is 0 Å². The fourth-order valence-corrected chi connectivity index (χ4v) is 1.18. The summed E-state index contributed by atoms with van der Waals surface area (Å²) >= 11 is 5.69. The molecule has 0 bridgehead atoms. The van der Waals surface area contributed by atoms with Crippen LogP contribution in [0.5, 0.6) is 0 Å². The van der Waals surface area contributed by atoms with Crippen LogP contribution >= 0.6 is 11.6 Å². The first kappa shape index (κ1) is 12.8. The van der Waals surface area contributed by atoms with E-state index in [1.807, 2.05) is 0 Å². The van der Waals surface area contributed by atoms with Crippen molar-refractivity contribution in [1.29, 1.82) is 0 Å². The van der Waals surface area contributed by atoms with Crippen LogP contribution in [0.15, 0.2) is 18.5 Å². The molecule has 0 spiro atoms. The van der Waals surface area contributed by atoms with E-state index in [2.05, 4.69) is 4.98 Å². The zero-order valence-corrected chi connectivity index (χ0v) is 9.47. The first-order valence-corrected chi connectivity index (χ1v) is 4.76. The molecule has 0 aliphatic rings. The Morgan fingerprint density at radius 2 is 2.00 bits per heavy atom. The Balaban J connectivity index is 3.01. The summed E-state index contributed by atoms with van der Waals surface area (Å²) in [7, 11) is 3.57. The summed E-state index contributed by atoms with van der Waals surface area (Å²) in [5, 5.41) is -0.0204. The molecule has 88 valence electrons. The summed E-state index contributed by atoms with van der Waals surface area (Å²) in [5.74, 6) is 0. The molecule has 0 saturated carbocycles. The van der Waals surface area contributed by atoms with Crippen LogP contribution in [-0.4, -0.2) is 24.0 Å². The Morgan fingerprint density at radius 3 is 2.44 bits per heavy atom. The predicted octanol–water partition coefficient (Wildman–Crippen LogP) is 3.29. The lowest BCUT2D eigenvalue weighted by Gasteiger charge is -2.08. The molecule has 6 heteroatoms. The predicted molar refractivity (Wildman–Crippen MR) is 57.0 cm³/mol. The van der Waals surface area contributed by atoms with Gasteiger partial charge in [-0.1, -0.05) is 11.6 Å². The molecule has 0 fully saturated rings. The van der Waals surface area contributed by atoms with Gasteiger partial charge in [0.05, 0.1) is 16.3 Å². The third-order valence-electron chi connectivity index (χ3n) is 1.73. The van der Waals surface area contributed by atoms with E-state index in [9.17, 15) is 13.2 Å². The molecule has 0 atom stereocenters. The van der Waals surface area contributed by atoms with Crippen LogP contribution in [0.1, 0.15) is 11.3 Å². The second-order valence-electron chi connectivity index (χ2n) is 3.37.